The van der Waals surface area contributed by atoms with Gasteiger partial charge in [-0.1, -0.05) is 34.9 Å². The molecule has 4 nitrogen and oxygen atoms in total. The van der Waals surface area contributed by atoms with Crippen molar-refractivity contribution in [3.8, 4) is 0 Å². The molecule has 4 heteroatoms. The summed E-state index contributed by atoms with van der Waals surface area (Å²) in [4.78, 5) is 0. The first-order chi connectivity index (χ1) is 11.9. The third-order valence-corrected chi connectivity index (χ3v) is 4.03. The summed E-state index contributed by atoms with van der Waals surface area (Å²) in [7, 11) is 0. The molecule has 0 aromatic carbocycles. The summed E-state index contributed by atoms with van der Waals surface area (Å²) in [5, 5.41) is 27.3. The first-order valence-corrected chi connectivity index (χ1v) is 9.36. The van der Waals surface area contributed by atoms with Crippen LogP contribution in [0.2, 0.25) is 0 Å². The first-order valence-electron chi connectivity index (χ1n) is 9.36. The number of aliphatic hydroxyl groups excluding tert-OH is 3. The minimum atomic E-state index is -1.12. The van der Waals surface area contributed by atoms with Crippen LogP contribution in [0, 0.1) is 0 Å². The lowest BCUT2D eigenvalue weighted by molar-refractivity contribution is -0.0568. The van der Waals surface area contributed by atoms with E-state index >= 15 is 0 Å². The molecule has 0 radical (unpaired) electrons. The summed E-state index contributed by atoms with van der Waals surface area (Å²) in [6.45, 7) is 8.79. The van der Waals surface area contributed by atoms with Gasteiger partial charge in [0.15, 0.2) is 0 Å². The topological polar surface area (TPSA) is 69.9 Å². The Hall–Kier alpha value is -0.940. The summed E-state index contributed by atoms with van der Waals surface area (Å²) in [5.41, 5.74) is 4.24. The van der Waals surface area contributed by atoms with Gasteiger partial charge in [0.2, 0.25) is 0 Å². The zero-order valence-electron chi connectivity index (χ0n) is 16.5. The number of hydrogen-bond donors (Lipinski definition) is 3. The third kappa shape index (κ3) is 15.1. The van der Waals surface area contributed by atoms with Gasteiger partial charge in [-0.3, -0.25) is 0 Å². The van der Waals surface area contributed by atoms with Gasteiger partial charge in [0.05, 0.1) is 13.2 Å². The minimum Gasteiger partial charge on any atom is -0.394 e. The Kier molecular flexibility index (Phi) is 14.7. The second kappa shape index (κ2) is 15.3. The van der Waals surface area contributed by atoms with Crippen LogP contribution >= 0.6 is 0 Å². The third-order valence-electron chi connectivity index (χ3n) is 4.03. The average Bonchev–Trinajstić information content (AvgIpc) is 2.56. The maximum absolute atomic E-state index is 9.43. The van der Waals surface area contributed by atoms with E-state index in [1.807, 2.05) is 0 Å². The van der Waals surface area contributed by atoms with E-state index in [0.29, 0.717) is 6.61 Å². The molecule has 146 valence electrons. The number of aliphatic hydroxyl groups is 3. The fraction of sp³-hybridized carbons (Fsp3) is 0.714. The van der Waals surface area contributed by atoms with E-state index in [-0.39, 0.29) is 6.61 Å². The van der Waals surface area contributed by atoms with Crippen LogP contribution in [0.4, 0.5) is 0 Å². The van der Waals surface area contributed by atoms with E-state index in [0.717, 1.165) is 38.5 Å². The van der Waals surface area contributed by atoms with Crippen molar-refractivity contribution in [3.05, 3.63) is 34.9 Å². The second-order valence-corrected chi connectivity index (χ2v) is 6.99. The second-order valence-electron chi connectivity index (χ2n) is 6.99. The van der Waals surface area contributed by atoms with Gasteiger partial charge >= 0.3 is 0 Å². The molecule has 0 aliphatic heterocycles. The Morgan fingerprint density at radius 3 is 1.96 bits per heavy atom. The standard InChI is InChI=1S/C21H38O4/c1-17(2)9-7-11-19(4)13-8-12-18(3)10-5-6-14-25-16-21(24)20(23)15-22/h9-10,13,20-24H,5-8,11-12,14-16H2,1-4H3/b18-10?,19-13+. The van der Waals surface area contributed by atoms with Gasteiger partial charge in [-0.15, -0.1) is 0 Å². The molecule has 3 N–H and O–H groups in total. The lowest BCUT2D eigenvalue weighted by atomic mass is 10.1. The van der Waals surface area contributed by atoms with Gasteiger partial charge < -0.3 is 20.1 Å². The van der Waals surface area contributed by atoms with E-state index in [9.17, 15) is 10.2 Å². The molecule has 0 aromatic heterocycles. The molecule has 0 aliphatic carbocycles. The van der Waals surface area contributed by atoms with Crippen LogP contribution in [0.25, 0.3) is 0 Å². The normalized spacial score (nSPS) is 15.2. The Bertz CT molecular complexity index is 420. The van der Waals surface area contributed by atoms with E-state index in [1.165, 1.54) is 16.7 Å². The molecule has 0 amide bonds. The zero-order chi connectivity index (χ0) is 19.1. The molecule has 0 rings (SSSR count). The smallest absolute Gasteiger partial charge is 0.105 e. The molecule has 2 atom stereocenters. The van der Waals surface area contributed by atoms with Crippen LogP contribution < -0.4 is 0 Å². The van der Waals surface area contributed by atoms with Crippen LogP contribution in [-0.2, 0) is 4.74 Å². The molecule has 0 aliphatic rings. The summed E-state index contributed by atoms with van der Waals surface area (Å²) >= 11 is 0. The van der Waals surface area contributed by atoms with Gasteiger partial charge in [0.1, 0.15) is 12.2 Å². The monoisotopic (exact) mass is 354 g/mol. The first kappa shape index (κ1) is 24.1. The summed E-state index contributed by atoms with van der Waals surface area (Å²) < 4.78 is 5.30. The number of unbranched alkanes of at least 4 members (excludes halogenated alkanes) is 1. The highest BCUT2D eigenvalue weighted by Crippen LogP contribution is 2.12. The van der Waals surface area contributed by atoms with Gasteiger partial charge in [-0.25, -0.2) is 0 Å². The van der Waals surface area contributed by atoms with E-state index in [1.54, 1.807) is 0 Å². The maximum Gasteiger partial charge on any atom is 0.105 e. The van der Waals surface area contributed by atoms with Crippen LogP contribution in [0.5, 0.6) is 0 Å². The van der Waals surface area contributed by atoms with E-state index in [2.05, 4.69) is 45.9 Å². The summed E-state index contributed by atoms with van der Waals surface area (Å²) in [5.74, 6) is 0. The predicted octanol–water partition coefficient (Wildman–Crippen LogP) is 3.92. The lowest BCUT2D eigenvalue weighted by Gasteiger charge is -2.15. The van der Waals surface area contributed by atoms with Crippen molar-refractivity contribution in [2.24, 2.45) is 0 Å². The molecule has 0 saturated carbocycles. The maximum atomic E-state index is 9.43. The summed E-state index contributed by atoms with van der Waals surface area (Å²) in [6.07, 6.45) is 11.0. The van der Waals surface area contributed by atoms with Crippen molar-refractivity contribution in [1.82, 2.24) is 0 Å². The quantitative estimate of drug-likeness (QED) is 0.327. The van der Waals surface area contributed by atoms with Crippen molar-refractivity contribution >= 4 is 0 Å². The fourth-order valence-corrected chi connectivity index (χ4v) is 2.31. The molecule has 0 saturated heterocycles. The largest absolute Gasteiger partial charge is 0.394 e. The molecule has 0 fully saturated rings. The average molecular weight is 355 g/mol. The molecule has 2 unspecified atom stereocenters. The highest BCUT2D eigenvalue weighted by molar-refractivity contribution is 5.05. The van der Waals surface area contributed by atoms with E-state index in [4.69, 9.17) is 9.84 Å². The number of allylic oxidation sites excluding steroid dienone is 6. The SMILES string of the molecule is CC(C)=CCC/C(C)=C/CCC(C)=CCCCOCC(O)C(O)CO. The molecular weight excluding hydrogens is 316 g/mol. The molecule has 0 spiro atoms. The predicted molar refractivity (Wildman–Crippen MR) is 105 cm³/mol. The molecular formula is C21H38O4. The van der Waals surface area contributed by atoms with Crippen molar-refractivity contribution in [2.75, 3.05) is 19.8 Å². The van der Waals surface area contributed by atoms with Crippen LogP contribution in [0.3, 0.4) is 0 Å². The van der Waals surface area contributed by atoms with Crippen LogP contribution in [-0.4, -0.2) is 47.3 Å². The molecule has 25 heavy (non-hydrogen) atoms. The van der Waals surface area contributed by atoms with Crippen molar-refractivity contribution in [2.45, 2.75) is 78.4 Å². The minimum absolute atomic E-state index is 0.0568. The van der Waals surface area contributed by atoms with Crippen molar-refractivity contribution in [1.29, 1.82) is 0 Å². The Balaban J connectivity index is 3.76. The Morgan fingerprint density at radius 2 is 1.40 bits per heavy atom. The Labute approximate surface area is 153 Å². The van der Waals surface area contributed by atoms with E-state index < -0.39 is 18.8 Å². The highest BCUT2D eigenvalue weighted by Gasteiger charge is 2.14. The fourth-order valence-electron chi connectivity index (χ4n) is 2.31. The molecule has 0 heterocycles. The number of hydrogen-bond acceptors (Lipinski definition) is 4. The van der Waals surface area contributed by atoms with Crippen LogP contribution in [0.15, 0.2) is 34.9 Å². The van der Waals surface area contributed by atoms with Crippen molar-refractivity contribution < 1.29 is 20.1 Å². The van der Waals surface area contributed by atoms with Crippen molar-refractivity contribution in [3.63, 3.8) is 0 Å². The van der Waals surface area contributed by atoms with Gasteiger partial charge in [0, 0.05) is 6.61 Å². The summed E-state index contributed by atoms with van der Waals surface area (Å²) in [6, 6.07) is 0. The van der Waals surface area contributed by atoms with Gasteiger partial charge in [0.25, 0.3) is 0 Å². The molecule has 0 aromatic rings. The lowest BCUT2D eigenvalue weighted by Crippen LogP contribution is -2.33. The highest BCUT2D eigenvalue weighted by atomic mass is 16.5. The number of ether oxygens (including phenoxy) is 1. The Morgan fingerprint density at radius 1 is 0.840 bits per heavy atom. The van der Waals surface area contributed by atoms with Gasteiger partial charge in [-0.05, 0) is 66.2 Å². The number of rotatable bonds is 14. The molecule has 0 bridgehead atoms. The zero-order valence-corrected chi connectivity index (χ0v) is 16.5. The van der Waals surface area contributed by atoms with Crippen LogP contribution in [0.1, 0.15) is 66.2 Å². The van der Waals surface area contributed by atoms with Gasteiger partial charge in [-0.2, -0.15) is 0 Å².